The SMILES string of the molecule is CC1(C)COc2ccc(Br)c3c2B(OC3)O1.CN. The van der Waals surface area contributed by atoms with Crippen molar-refractivity contribution >= 4 is 28.5 Å². The number of ether oxygens (including phenoxy) is 1. The molecule has 0 bridgehead atoms. The second-order valence-electron chi connectivity index (χ2n) is 4.75. The van der Waals surface area contributed by atoms with Crippen LogP contribution < -0.4 is 15.9 Å². The van der Waals surface area contributed by atoms with Gasteiger partial charge in [0.2, 0.25) is 0 Å². The first-order chi connectivity index (χ1) is 8.57. The van der Waals surface area contributed by atoms with Crippen molar-refractivity contribution in [2.24, 2.45) is 5.73 Å². The van der Waals surface area contributed by atoms with Crippen molar-refractivity contribution in [3.63, 3.8) is 0 Å². The van der Waals surface area contributed by atoms with Crippen molar-refractivity contribution in [2.45, 2.75) is 26.1 Å². The molecule has 0 unspecified atom stereocenters. The molecule has 4 nitrogen and oxygen atoms in total. The Morgan fingerprint density at radius 3 is 2.78 bits per heavy atom. The maximum absolute atomic E-state index is 5.91. The van der Waals surface area contributed by atoms with Gasteiger partial charge in [0.1, 0.15) is 12.4 Å². The maximum Gasteiger partial charge on any atom is 0.498 e. The summed E-state index contributed by atoms with van der Waals surface area (Å²) in [5.41, 5.74) is 6.36. The summed E-state index contributed by atoms with van der Waals surface area (Å²) in [5, 5.41) is 0. The highest BCUT2D eigenvalue weighted by Gasteiger charge is 2.42. The molecule has 0 spiro atoms. The predicted molar refractivity (Wildman–Crippen MR) is 75.1 cm³/mol. The normalized spacial score (nSPS) is 19.3. The van der Waals surface area contributed by atoms with Crippen molar-refractivity contribution in [3.05, 3.63) is 22.2 Å². The van der Waals surface area contributed by atoms with Crippen LogP contribution in [0.2, 0.25) is 0 Å². The Balaban J connectivity index is 0.000000574. The Kier molecular flexibility index (Phi) is 4.01. The zero-order valence-corrected chi connectivity index (χ0v) is 12.4. The molecule has 0 aliphatic carbocycles. The Morgan fingerprint density at radius 2 is 2.06 bits per heavy atom. The van der Waals surface area contributed by atoms with Crippen LogP contribution in [0.3, 0.4) is 0 Å². The van der Waals surface area contributed by atoms with Gasteiger partial charge in [-0.2, -0.15) is 0 Å². The van der Waals surface area contributed by atoms with Crippen molar-refractivity contribution in [1.82, 2.24) is 0 Å². The van der Waals surface area contributed by atoms with E-state index in [2.05, 4.69) is 21.7 Å². The summed E-state index contributed by atoms with van der Waals surface area (Å²) in [6.45, 7) is 5.14. The number of rotatable bonds is 0. The molecule has 0 saturated carbocycles. The minimum absolute atomic E-state index is 0.292. The van der Waals surface area contributed by atoms with E-state index in [9.17, 15) is 0 Å². The molecule has 6 heteroatoms. The lowest BCUT2D eigenvalue weighted by Crippen LogP contribution is -2.40. The van der Waals surface area contributed by atoms with E-state index < -0.39 is 0 Å². The van der Waals surface area contributed by atoms with Crippen LogP contribution in [-0.4, -0.2) is 26.4 Å². The van der Waals surface area contributed by atoms with Crippen LogP contribution in [0.5, 0.6) is 5.75 Å². The lowest BCUT2D eigenvalue weighted by atomic mass is 9.77. The van der Waals surface area contributed by atoms with E-state index in [-0.39, 0.29) is 12.7 Å². The van der Waals surface area contributed by atoms with Crippen LogP contribution in [0.1, 0.15) is 19.4 Å². The van der Waals surface area contributed by atoms with Gasteiger partial charge in [0.25, 0.3) is 0 Å². The van der Waals surface area contributed by atoms with Crippen LogP contribution in [0.4, 0.5) is 0 Å². The third-order valence-corrected chi connectivity index (χ3v) is 3.62. The standard InChI is InChI=1S/C11H12BBrO3.CH5N/c1-11(2)6-14-9-4-3-8(13)7-5-15-12(16-11)10(7)9;1-2/h3-4H,5-6H2,1-2H3;2H2,1H3. The van der Waals surface area contributed by atoms with Crippen LogP contribution in [-0.2, 0) is 15.9 Å². The van der Waals surface area contributed by atoms with E-state index in [0.29, 0.717) is 13.2 Å². The van der Waals surface area contributed by atoms with Gasteiger partial charge >= 0.3 is 7.12 Å². The van der Waals surface area contributed by atoms with Gasteiger partial charge in [0.05, 0.1) is 12.2 Å². The number of hydrogen-bond acceptors (Lipinski definition) is 4. The summed E-state index contributed by atoms with van der Waals surface area (Å²) in [6, 6.07) is 3.97. The summed E-state index contributed by atoms with van der Waals surface area (Å²) < 4.78 is 18.4. The lowest BCUT2D eigenvalue weighted by molar-refractivity contribution is 0.0352. The van der Waals surface area contributed by atoms with Crippen LogP contribution in [0.25, 0.3) is 0 Å². The molecule has 98 valence electrons. The molecular formula is C12H17BBrNO3. The monoisotopic (exact) mass is 313 g/mol. The molecular weight excluding hydrogens is 297 g/mol. The summed E-state index contributed by atoms with van der Waals surface area (Å²) in [7, 11) is 1.21. The van der Waals surface area contributed by atoms with E-state index in [1.54, 1.807) is 0 Å². The van der Waals surface area contributed by atoms with Crippen LogP contribution in [0, 0.1) is 0 Å². The van der Waals surface area contributed by atoms with E-state index in [1.807, 2.05) is 26.0 Å². The van der Waals surface area contributed by atoms with E-state index >= 15 is 0 Å². The maximum atomic E-state index is 5.91. The first kappa shape index (κ1) is 13.9. The average Bonchev–Trinajstić information content (AvgIpc) is 2.70. The second-order valence-corrected chi connectivity index (χ2v) is 5.60. The molecule has 0 fully saturated rings. The van der Waals surface area contributed by atoms with Crippen molar-refractivity contribution in [3.8, 4) is 5.75 Å². The van der Waals surface area contributed by atoms with Crippen molar-refractivity contribution < 1.29 is 14.0 Å². The summed E-state index contributed by atoms with van der Waals surface area (Å²) in [5.74, 6) is 0.881. The van der Waals surface area contributed by atoms with Gasteiger partial charge in [-0.3, -0.25) is 0 Å². The topological polar surface area (TPSA) is 53.7 Å². The van der Waals surface area contributed by atoms with Crippen LogP contribution in [0.15, 0.2) is 16.6 Å². The molecule has 3 rings (SSSR count). The van der Waals surface area contributed by atoms with Gasteiger partial charge in [0.15, 0.2) is 0 Å². The molecule has 0 saturated heterocycles. The largest absolute Gasteiger partial charge is 0.498 e. The second kappa shape index (κ2) is 5.21. The zero-order valence-electron chi connectivity index (χ0n) is 10.8. The third kappa shape index (κ3) is 2.43. The average molecular weight is 314 g/mol. The summed E-state index contributed by atoms with van der Waals surface area (Å²) in [6.07, 6.45) is 0. The smallest absolute Gasteiger partial charge is 0.491 e. The zero-order chi connectivity index (χ0) is 13.3. The predicted octanol–water partition coefficient (Wildman–Crippen LogP) is 1.44. The fourth-order valence-electron chi connectivity index (χ4n) is 2.06. The van der Waals surface area contributed by atoms with Crippen molar-refractivity contribution in [2.75, 3.05) is 13.7 Å². The summed E-state index contributed by atoms with van der Waals surface area (Å²) >= 11 is 3.53. The summed E-state index contributed by atoms with van der Waals surface area (Å²) in [4.78, 5) is 0. The number of hydrogen-bond donors (Lipinski definition) is 1. The molecule has 2 aliphatic rings. The third-order valence-electron chi connectivity index (χ3n) is 2.88. The molecule has 2 N–H and O–H groups in total. The Bertz CT molecular complexity index is 453. The molecule has 2 heterocycles. The first-order valence-corrected chi connectivity index (χ1v) is 6.67. The number of benzene rings is 1. The number of halogens is 1. The van der Waals surface area contributed by atoms with E-state index in [1.165, 1.54) is 7.05 Å². The van der Waals surface area contributed by atoms with Gasteiger partial charge < -0.3 is 19.8 Å². The lowest BCUT2D eigenvalue weighted by Gasteiger charge is -2.24. The van der Waals surface area contributed by atoms with Gasteiger partial charge in [-0.25, -0.2) is 0 Å². The number of nitrogens with two attached hydrogens (primary N) is 1. The van der Waals surface area contributed by atoms with E-state index in [0.717, 1.165) is 21.2 Å². The van der Waals surface area contributed by atoms with Gasteiger partial charge in [0, 0.05) is 9.94 Å². The highest BCUT2D eigenvalue weighted by atomic mass is 79.9. The minimum atomic E-state index is -0.322. The van der Waals surface area contributed by atoms with Crippen LogP contribution >= 0.6 is 15.9 Å². The molecule has 0 aromatic heterocycles. The molecule has 1 aromatic rings. The Hall–Kier alpha value is -0.555. The Labute approximate surface area is 116 Å². The molecule has 1 aromatic carbocycles. The Morgan fingerprint density at radius 1 is 1.33 bits per heavy atom. The molecule has 0 radical (unpaired) electrons. The van der Waals surface area contributed by atoms with Gasteiger partial charge in [-0.15, -0.1) is 0 Å². The highest BCUT2D eigenvalue weighted by molar-refractivity contribution is 9.10. The highest BCUT2D eigenvalue weighted by Crippen LogP contribution is 2.31. The molecule has 2 aliphatic heterocycles. The quantitative estimate of drug-likeness (QED) is 0.736. The minimum Gasteiger partial charge on any atom is -0.491 e. The fraction of sp³-hybridized carbons (Fsp3) is 0.500. The molecule has 0 amide bonds. The fourth-order valence-corrected chi connectivity index (χ4v) is 2.52. The van der Waals surface area contributed by atoms with Gasteiger partial charge in [-0.05, 0) is 38.6 Å². The molecule has 18 heavy (non-hydrogen) atoms. The van der Waals surface area contributed by atoms with Gasteiger partial charge in [-0.1, -0.05) is 15.9 Å². The van der Waals surface area contributed by atoms with E-state index in [4.69, 9.17) is 14.0 Å². The molecule has 0 atom stereocenters. The first-order valence-electron chi connectivity index (χ1n) is 5.88. The van der Waals surface area contributed by atoms with Crippen molar-refractivity contribution in [1.29, 1.82) is 0 Å².